The summed E-state index contributed by atoms with van der Waals surface area (Å²) in [5.41, 5.74) is 7.78. The molecule has 0 aliphatic carbocycles. The number of ether oxygens (including phenoxy) is 1. The van der Waals surface area contributed by atoms with Gasteiger partial charge >= 0.3 is 0 Å². The van der Waals surface area contributed by atoms with Crippen molar-refractivity contribution in [3.63, 3.8) is 0 Å². The van der Waals surface area contributed by atoms with Crippen LogP contribution in [-0.4, -0.2) is 12.2 Å². The maximum atomic E-state index is 12.4. The van der Waals surface area contributed by atoms with Gasteiger partial charge in [0.15, 0.2) is 0 Å². The van der Waals surface area contributed by atoms with Crippen LogP contribution in [0.5, 0.6) is 11.5 Å². The number of nitrogens with two attached hydrogens (primary N) is 1. The maximum absolute atomic E-state index is 12.4. The molecule has 0 saturated heterocycles. The largest absolute Gasteiger partial charge is 0.457 e. The van der Waals surface area contributed by atoms with E-state index >= 15 is 0 Å². The SMILES string of the molecule is CC/C=C\C(C(=O)NCc1cccc(Oc2ccc(SC)cc2)c1)=C(/C)N. The van der Waals surface area contributed by atoms with Crippen LogP contribution in [0.1, 0.15) is 25.8 Å². The molecule has 0 radical (unpaired) electrons. The van der Waals surface area contributed by atoms with Crippen molar-refractivity contribution >= 4 is 17.7 Å². The summed E-state index contributed by atoms with van der Waals surface area (Å²) in [5, 5.41) is 2.91. The lowest BCUT2D eigenvalue weighted by Crippen LogP contribution is -2.25. The van der Waals surface area contributed by atoms with Crippen molar-refractivity contribution < 1.29 is 9.53 Å². The van der Waals surface area contributed by atoms with Gasteiger partial charge in [-0.15, -0.1) is 11.8 Å². The summed E-state index contributed by atoms with van der Waals surface area (Å²) in [4.78, 5) is 13.6. The van der Waals surface area contributed by atoms with Crippen molar-refractivity contribution in [3.8, 4) is 11.5 Å². The summed E-state index contributed by atoms with van der Waals surface area (Å²) < 4.78 is 5.90. The average molecular weight is 383 g/mol. The zero-order valence-electron chi connectivity index (χ0n) is 16.0. The van der Waals surface area contributed by atoms with Crippen molar-refractivity contribution in [3.05, 3.63) is 77.5 Å². The molecule has 27 heavy (non-hydrogen) atoms. The molecule has 0 fully saturated rings. The van der Waals surface area contributed by atoms with Gasteiger partial charge < -0.3 is 15.8 Å². The van der Waals surface area contributed by atoms with E-state index in [0.717, 1.165) is 23.5 Å². The maximum Gasteiger partial charge on any atom is 0.253 e. The van der Waals surface area contributed by atoms with E-state index in [1.54, 1.807) is 24.8 Å². The average Bonchev–Trinajstić information content (AvgIpc) is 2.67. The normalized spacial score (nSPS) is 12.0. The monoisotopic (exact) mass is 382 g/mol. The van der Waals surface area contributed by atoms with Crippen LogP contribution in [0.25, 0.3) is 0 Å². The second kappa shape index (κ2) is 10.5. The van der Waals surface area contributed by atoms with E-state index in [9.17, 15) is 4.79 Å². The van der Waals surface area contributed by atoms with E-state index in [4.69, 9.17) is 10.5 Å². The molecule has 0 unspecified atom stereocenters. The Morgan fingerprint density at radius 3 is 2.56 bits per heavy atom. The Bertz CT molecular complexity index is 822. The van der Waals surface area contributed by atoms with Crippen LogP contribution in [0.3, 0.4) is 0 Å². The van der Waals surface area contributed by atoms with E-state index in [1.807, 2.05) is 67.8 Å². The van der Waals surface area contributed by atoms with Gasteiger partial charge in [-0.2, -0.15) is 0 Å². The molecule has 142 valence electrons. The second-order valence-electron chi connectivity index (χ2n) is 6.01. The molecule has 0 aliphatic heterocycles. The third-order valence-corrected chi connectivity index (χ3v) is 4.58. The van der Waals surface area contributed by atoms with Gasteiger partial charge in [-0.3, -0.25) is 4.79 Å². The molecule has 0 aromatic heterocycles. The van der Waals surface area contributed by atoms with Crippen LogP contribution in [-0.2, 0) is 11.3 Å². The lowest BCUT2D eigenvalue weighted by molar-refractivity contribution is -0.117. The van der Waals surface area contributed by atoms with E-state index in [0.29, 0.717) is 17.8 Å². The van der Waals surface area contributed by atoms with Gasteiger partial charge in [-0.25, -0.2) is 0 Å². The Balaban J connectivity index is 2.01. The summed E-state index contributed by atoms with van der Waals surface area (Å²) >= 11 is 1.69. The first-order chi connectivity index (χ1) is 13.0. The summed E-state index contributed by atoms with van der Waals surface area (Å²) in [6, 6.07) is 15.6. The predicted molar refractivity (Wildman–Crippen MR) is 113 cm³/mol. The lowest BCUT2D eigenvalue weighted by Gasteiger charge is -2.10. The molecule has 4 nitrogen and oxygen atoms in total. The van der Waals surface area contributed by atoms with Gasteiger partial charge in [0.25, 0.3) is 5.91 Å². The zero-order valence-corrected chi connectivity index (χ0v) is 16.8. The first-order valence-corrected chi connectivity index (χ1v) is 10.1. The number of nitrogens with one attached hydrogen (secondary N) is 1. The number of carbonyl (C=O) groups excluding carboxylic acids is 1. The molecule has 2 aromatic carbocycles. The Labute approximate surface area is 165 Å². The minimum atomic E-state index is -0.182. The Morgan fingerprint density at radius 2 is 1.93 bits per heavy atom. The molecule has 2 aromatic rings. The molecule has 0 atom stereocenters. The number of hydrogen-bond donors (Lipinski definition) is 2. The predicted octanol–water partition coefficient (Wildman–Crippen LogP) is 5.02. The molecular weight excluding hydrogens is 356 g/mol. The van der Waals surface area contributed by atoms with Crippen LogP contribution < -0.4 is 15.8 Å². The van der Waals surface area contributed by atoms with Gasteiger partial charge in [-0.05, 0) is 61.6 Å². The van der Waals surface area contributed by atoms with Crippen molar-refractivity contribution in [1.29, 1.82) is 0 Å². The van der Waals surface area contributed by atoms with Crippen molar-refractivity contribution in [1.82, 2.24) is 5.32 Å². The number of amides is 1. The van der Waals surface area contributed by atoms with Crippen LogP contribution in [0, 0.1) is 0 Å². The van der Waals surface area contributed by atoms with Crippen LogP contribution in [0.4, 0.5) is 0 Å². The second-order valence-corrected chi connectivity index (χ2v) is 6.89. The van der Waals surface area contributed by atoms with Gasteiger partial charge in [0.2, 0.25) is 0 Å². The van der Waals surface area contributed by atoms with Crippen molar-refractivity contribution in [2.45, 2.75) is 31.7 Å². The molecule has 5 heteroatoms. The molecule has 1 amide bonds. The Morgan fingerprint density at radius 1 is 1.19 bits per heavy atom. The number of thioether (sulfide) groups is 1. The zero-order chi connectivity index (χ0) is 19.6. The third-order valence-electron chi connectivity index (χ3n) is 3.84. The molecule has 3 N–H and O–H groups in total. The summed E-state index contributed by atoms with van der Waals surface area (Å²) in [5.74, 6) is 1.33. The summed E-state index contributed by atoms with van der Waals surface area (Å²) in [6.45, 7) is 4.14. The van der Waals surface area contributed by atoms with Gasteiger partial charge in [0.1, 0.15) is 11.5 Å². The number of benzene rings is 2. The Hall–Kier alpha value is -2.66. The van der Waals surface area contributed by atoms with E-state index < -0.39 is 0 Å². The van der Waals surface area contributed by atoms with Gasteiger partial charge in [0.05, 0.1) is 5.57 Å². The fraction of sp³-hybridized carbons (Fsp3) is 0.227. The first-order valence-electron chi connectivity index (χ1n) is 8.85. The highest BCUT2D eigenvalue weighted by Crippen LogP contribution is 2.25. The first kappa shape index (κ1) is 20.6. The minimum Gasteiger partial charge on any atom is -0.457 e. The van der Waals surface area contributed by atoms with E-state index in [2.05, 4.69) is 5.32 Å². The smallest absolute Gasteiger partial charge is 0.253 e. The van der Waals surface area contributed by atoms with Crippen molar-refractivity contribution in [2.75, 3.05) is 6.26 Å². The molecule has 0 heterocycles. The van der Waals surface area contributed by atoms with E-state index in [1.165, 1.54) is 4.90 Å². The number of carbonyl (C=O) groups is 1. The van der Waals surface area contributed by atoms with E-state index in [-0.39, 0.29) is 5.91 Å². The third kappa shape index (κ3) is 6.53. The van der Waals surface area contributed by atoms with Gasteiger partial charge in [0, 0.05) is 17.1 Å². The highest BCUT2D eigenvalue weighted by molar-refractivity contribution is 7.98. The molecular formula is C22H26N2O2S. The molecule has 0 bridgehead atoms. The number of hydrogen-bond acceptors (Lipinski definition) is 4. The standard InChI is InChI=1S/C22H26N2O2S/c1-4-5-9-21(16(2)23)22(25)24-15-17-7-6-8-19(14-17)26-18-10-12-20(27-3)13-11-18/h5-14H,4,15,23H2,1-3H3,(H,24,25)/b9-5-,21-16-. The quantitative estimate of drug-likeness (QED) is 0.382. The highest BCUT2D eigenvalue weighted by Gasteiger charge is 2.09. The van der Waals surface area contributed by atoms with Crippen LogP contribution in [0.15, 0.2) is 76.8 Å². The molecule has 0 aliphatic rings. The fourth-order valence-electron chi connectivity index (χ4n) is 2.40. The molecule has 2 rings (SSSR count). The van der Waals surface area contributed by atoms with Crippen molar-refractivity contribution in [2.24, 2.45) is 5.73 Å². The number of rotatable bonds is 8. The lowest BCUT2D eigenvalue weighted by atomic mass is 10.1. The molecule has 0 saturated carbocycles. The highest BCUT2D eigenvalue weighted by atomic mass is 32.2. The fourth-order valence-corrected chi connectivity index (χ4v) is 2.81. The summed E-state index contributed by atoms with van der Waals surface area (Å²) in [6.07, 6.45) is 6.57. The Kier molecular flexibility index (Phi) is 8.01. The topological polar surface area (TPSA) is 64.3 Å². The van der Waals surface area contributed by atoms with Crippen LogP contribution >= 0.6 is 11.8 Å². The van der Waals surface area contributed by atoms with Gasteiger partial charge in [-0.1, -0.05) is 31.2 Å². The summed E-state index contributed by atoms with van der Waals surface area (Å²) in [7, 11) is 0. The van der Waals surface area contributed by atoms with Crippen LogP contribution in [0.2, 0.25) is 0 Å². The minimum absolute atomic E-state index is 0.182. The number of allylic oxidation sites excluding steroid dienone is 2. The molecule has 0 spiro atoms.